The van der Waals surface area contributed by atoms with Crippen molar-refractivity contribution in [3.63, 3.8) is 0 Å². The second kappa shape index (κ2) is 10.0. The van der Waals surface area contributed by atoms with E-state index in [-0.39, 0.29) is 17.7 Å². The Labute approximate surface area is 201 Å². The van der Waals surface area contributed by atoms with Gasteiger partial charge in [-0.25, -0.2) is 9.67 Å². The first-order valence-corrected chi connectivity index (χ1v) is 11.6. The van der Waals surface area contributed by atoms with Crippen molar-refractivity contribution in [1.82, 2.24) is 14.8 Å². The molecule has 2 aromatic carbocycles. The monoisotopic (exact) mass is 469 g/mol. The van der Waals surface area contributed by atoms with Gasteiger partial charge in [0.15, 0.2) is 0 Å². The van der Waals surface area contributed by atoms with E-state index in [9.17, 15) is 4.79 Å². The van der Waals surface area contributed by atoms with Crippen LogP contribution in [-0.2, 0) is 11.3 Å². The number of nitrogens with one attached hydrogen (secondary N) is 1. The van der Waals surface area contributed by atoms with Gasteiger partial charge in [-0.05, 0) is 54.7 Å². The Morgan fingerprint density at radius 1 is 1.06 bits per heavy atom. The van der Waals surface area contributed by atoms with Crippen molar-refractivity contribution in [2.45, 2.75) is 19.4 Å². The zero-order chi connectivity index (χ0) is 24.2. The molecule has 0 bridgehead atoms. The Bertz CT molecular complexity index is 1450. The molecular weight excluding hydrogens is 445 g/mol. The number of aromatic nitrogens is 3. The van der Waals surface area contributed by atoms with E-state index < -0.39 is 5.95 Å². The van der Waals surface area contributed by atoms with Crippen molar-refractivity contribution in [2.75, 3.05) is 25.1 Å². The standard InChI is InChI=1S/C27H24FN5O2/c28-26-23(9-10-24(31-26)30-16-19-11-13-35-14-12-19)25-21-3-1-2-4-22(21)27(34)33(32-25)17-20-7-5-18(15-29)6-8-20/h1-10,19H,11-14,16-17H2,(H,30,31). The summed E-state index contributed by atoms with van der Waals surface area (Å²) in [5.74, 6) is 0.292. The highest BCUT2D eigenvalue weighted by Gasteiger charge is 2.18. The van der Waals surface area contributed by atoms with Gasteiger partial charge in [0.1, 0.15) is 11.5 Å². The van der Waals surface area contributed by atoms with E-state index in [2.05, 4.69) is 21.5 Å². The summed E-state index contributed by atoms with van der Waals surface area (Å²) in [6, 6.07) is 19.5. The van der Waals surface area contributed by atoms with Crippen molar-refractivity contribution in [3.05, 3.63) is 88.1 Å². The van der Waals surface area contributed by atoms with E-state index in [1.54, 1.807) is 60.7 Å². The Morgan fingerprint density at radius 3 is 2.51 bits per heavy atom. The maximum atomic E-state index is 15.2. The first-order chi connectivity index (χ1) is 17.1. The van der Waals surface area contributed by atoms with E-state index in [4.69, 9.17) is 10.00 Å². The number of hydrogen-bond donors (Lipinski definition) is 1. The highest BCUT2D eigenvalue weighted by atomic mass is 19.1. The number of nitrogens with zero attached hydrogens (tertiary/aromatic N) is 4. The molecule has 1 N–H and O–H groups in total. The van der Waals surface area contributed by atoms with Crippen LogP contribution in [0.15, 0.2) is 65.5 Å². The lowest BCUT2D eigenvalue weighted by Crippen LogP contribution is -2.24. The van der Waals surface area contributed by atoms with Gasteiger partial charge >= 0.3 is 0 Å². The molecule has 2 aromatic heterocycles. The lowest BCUT2D eigenvalue weighted by Gasteiger charge is -2.22. The summed E-state index contributed by atoms with van der Waals surface area (Å²) in [6.45, 7) is 2.42. The van der Waals surface area contributed by atoms with Gasteiger partial charge in [0.05, 0.1) is 29.1 Å². The highest BCUT2D eigenvalue weighted by Crippen LogP contribution is 2.27. The van der Waals surface area contributed by atoms with Gasteiger partial charge in [-0.15, -0.1) is 0 Å². The zero-order valence-electron chi connectivity index (χ0n) is 19.1. The maximum absolute atomic E-state index is 15.2. The molecule has 1 fully saturated rings. The van der Waals surface area contributed by atoms with Gasteiger partial charge in [-0.3, -0.25) is 4.79 Å². The molecule has 0 radical (unpaired) electrons. The van der Waals surface area contributed by atoms with E-state index >= 15 is 4.39 Å². The third kappa shape index (κ3) is 4.91. The minimum atomic E-state index is -0.650. The summed E-state index contributed by atoms with van der Waals surface area (Å²) >= 11 is 0. The smallest absolute Gasteiger partial charge is 0.274 e. The molecule has 7 nitrogen and oxygen atoms in total. The molecule has 176 valence electrons. The number of hydrogen-bond acceptors (Lipinski definition) is 6. The number of anilines is 1. The van der Waals surface area contributed by atoms with Gasteiger partial charge in [-0.2, -0.15) is 14.8 Å². The number of pyridine rings is 1. The largest absolute Gasteiger partial charge is 0.381 e. The fraction of sp³-hybridized carbons (Fsp3) is 0.259. The molecule has 4 aromatic rings. The summed E-state index contributed by atoms with van der Waals surface area (Å²) in [5, 5.41) is 17.8. The summed E-state index contributed by atoms with van der Waals surface area (Å²) in [4.78, 5) is 17.3. The first-order valence-electron chi connectivity index (χ1n) is 11.6. The van der Waals surface area contributed by atoms with Gasteiger partial charge in [0, 0.05) is 25.1 Å². The van der Waals surface area contributed by atoms with Crippen molar-refractivity contribution < 1.29 is 9.13 Å². The minimum absolute atomic E-state index is 0.197. The van der Waals surface area contributed by atoms with Crippen molar-refractivity contribution in [3.8, 4) is 17.3 Å². The van der Waals surface area contributed by atoms with Crippen LogP contribution in [0.5, 0.6) is 0 Å². The summed E-state index contributed by atoms with van der Waals surface area (Å²) in [7, 11) is 0. The van der Waals surface area contributed by atoms with Crippen molar-refractivity contribution >= 4 is 16.6 Å². The van der Waals surface area contributed by atoms with Crippen LogP contribution >= 0.6 is 0 Å². The van der Waals surface area contributed by atoms with Crippen LogP contribution in [0.25, 0.3) is 22.0 Å². The molecular formula is C27H24FN5O2. The van der Waals surface area contributed by atoms with E-state index in [0.717, 1.165) is 31.6 Å². The number of fused-ring (bicyclic) bond motifs is 1. The molecule has 0 saturated carbocycles. The second-order valence-electron chi connectivity index (χ2n) is 8.64. The van der Waals surface area contributed by atoms with Crippen LogP contribution in [0, 0.1) is 23.2 Å². The quantitative estimate of drug-likeness (QED) is 0.422. The van der Waals surface area contributed by atoms with Crippen LogP contribution in [0.1, 0.15) is 24.0 Å². The van der Waals surface area contributed by atoms with Crippen LogP contribution < -0.4 is 10.9 Å². The van der Waals surface area contributed by atoms with Crippen LogP contribution in [0.3, 0.4) is 0 Å². The number of nitriles is 1. The molecule has 1 aliphatic rings. The summed E-state index contributed by atoms with van der Waals surface area (Å²) in [5.41, 5.74) is 1.66. The summed E-state index contributed by atoms with van der Waals surface area (Å²) < 4.78 is 22.0. The molecule has 0 amide bonds. The van der Waals surface area contributed by atoms with Crippen LogP contribution in [-0.4, -0.2) is 34.5 Å². The Kier molecular flexibility index (Phi) is 6.51. The van der Waals surface area contributed by atoms with E-state index in [0.29, 0.717) is 40.3 Å². The SMILES string of the molecule is N#Cc1ccc(Cn2nc(-c3ccc(NCC4CCOCC4)nc3F)c3ccccc3c2=O)cc1. The lowest BCUT2D eigenvalue weighted by molar-refractivity contribution is 0.0699. The molecule has 0 unspecified atom stereocenters. The molecule has 1 aliphatic heterocycles. The fourth-order valence-corrected chi connectivity index (χ4v) is 4.31. The van der Waals surface area contributed by atoms with Gasteiger partial charge < -0.3 is 10.1 Å². The first kappa shape index (κ1) is 22.7. The third-order valence-electron chi connectivity index (χ3n) is 6.30. The maximum Gasteiger partial charge on any atom is 0.274 e. The van der Waals surface area contributed by atoms with E-state index in [1.165, 1.54) is 4.68 Å². The molecule has 1 saturated heterocycles. The van der Waals surface area contributed by atoms with Gasteiger partial charge in [0.25, 0.3) is 5.56 Å². The Morgan fingerprint density at radius 2 is 1.80 bits per heavy atom. The lowest BCUT2D eigenvalue weighted by atomic mass is 10.0. The Balaban J connectivity index is 1.48. The predicted molar refractivity (Wildman–Crippen MR) is 131 cm³/mol. The number of benzene rings is 2. The molecule has 3 heterocycles. The fourth-order valence-electron chi connectivity index (χ4n) is 4.31. The zero-order valence-corrected chi connectivity index (χ0v) is 19.1. The normalized spacial score (nSPS) is 14.1. The minimum Gasteiger partial charge on any atom is -0.381 e. The molecule has 35 heavy (non-hydrogen) atoms. The van der Waals surface area contributed by atoms with Gasteiger partial charge in [0.2, 0.25) is 5.95 Å². The average Bonchev–Trinajstić information content (AvgIpc) is 2.90. The molecule has 0 aliphatic carbocycles. The number of halogens is 1. The summed E-state index contributed by atoms with van der Waals surface area (Å²) in [6.07, 6.45) is 1.95. The molecule has 5 rings (SSSR count). The van der Waals surface area contributed by atoms with Crippen LogP contribution in [0.2, 0.25) is 0 Å². The molecule has 0 atom stereocenters. The second-order valence-corrected chi connectivity index (χ2v) is 8.64. The van der Waals surface area contributed by atoms with E-state index in [1.807, 2.05) is 0 Å². The molecule has 0 spiro atoms. The topological polar surface area (TPSA) is 92.8 Å². The highest BCUT2D eigenvalue weighted by molar-refractivity contribution is 5.93. The van der Waals surface area contributed by atoms with Crippen molar-refractivity contribution in [2.24, 2.45) is 5.92 Å². The third-order valence-corrected chi connectivity index (χ3v) is 6.30. The van der Waals surface area contributed by atoms with Gasteiger partial charge in [-0.1, -0.05) is 30.3 Å². The average molecular weight is 470 g/mol. The van der Waals surface area contributed by atoms with Crippen molar-refractivity contribution in [1.29, 1.82) is 5.26 Å². The predicted octanol–water partition coefficient (Wildman–Crippen LogP) is 4.36. The van der Waals surface area contributed by atoms with Crippen LogP contribution in [0.4, 0.5) is 10.2 Å². The molecule has 8 heteroatoms. The number of rotatable bonds is 6. The Hall–Kier alpha value is -4.09. The number of ether oxygens (including phenoxy) is 1.